The van der Waals surface area contributed by atoms with Gasteiger partial charge in [-0.15, -0.1) is 0 Å². The summed E-state index contributed by atoms with van der Waals surface area (Å²) in [5.41, 5.74) is 5.08. The van der Waals surface area contributed by atoms with E-state index in [1.807, 2.05) is 0 Å². The van der Waals surface area contributed by atoms with Crippen molar-refractivity contribution in [3.63, 3.8) is 0 Å². The van der Waals surface area contributed by atoms with Gasteiger partial charge in [0.05, 0.1) is 6.10 Å². The number of aliphatic hydroxyl groups excluding tert-OH is 3. The monoisotopic (exact) mass is 298 g/mol. The Balaban J connectivity index is 1.93. The number of hydrazine groups is 1. The third kappa shape index (κ3) is 3.49. The van der Waals surface area contributed by atoms with E-state index >= 15 is 0 Å². The van der Waals surface area contributed by atoms with Crippen LogP contribution in [0.25, 0.3) is 0 Å². The lowest BCUT2D eigenvalue weighted by Gasteiger charge is -2.39. The van der Waals surface area contributed by atoms with E-state index in [0.29, 0.717) is 5.56 Å². The highest BCUT2D eigenvalue weighted by atomic mass is 16.5. The van der Waals surface area contributed by atoms with E-state index in [-0.39, 0.29) is 5.75 Å². The minimum Gasteiger partial charge on any atom is -0.508 e. The normalized spacial score (nSPS) is 32.7. The molecule has 0 radical (unpaired) electrons. The second-order valence-corrected chi connectivity index (χ2v) is 4.88. The zero-order valence-electron chi connectivity index (χ0n) is 11.3. The molecule has 1 amide bonds. The molecule has 0 bridgehead atoms. The number of aromatic hydroxyl groups is 1. The van der Waals surface area contributed by atoms with Crippen LogP contribution >= 0.6 is 0 Å². The molecule has 116 valence electrons. The van der Waals surface area contributed by atoms with E-state index in [9.17, 15) is 20.1 Å². The first kappa shape index (κ1) is 15.7. The molecule has 1 aliphatic heterocycles. The van der Waals surface area contributed by atoms with Crippen molar-refractivity contribution in [1.29, 1.82) is 0 Å². The van der Waals surface area contributed by atoms with Gasteiger partial charge in [0.15, 0.2) is 6.23 Å². The highest BCUT2D eigenvalue weighted by molar-refractivity contribution is 5.93. The largest absolute Gasteiger partial charge is 0.508 e. The van der Waals surface area contributed by atoms with Gasteiger partial charge in [-0.2, -0.15) is 0 Å². The summed E-state index contributed by atoms with van der Waals surface area (Å²) in [4.78, 5) is 11.8. The van der Waals surface area contributed by atoms with E-state index in [0.717, 1.165) is 0 Å². The number of rotatable bonds is 3. The molecule has 1 fully saturated rings. The number of phenols is 1. The lowest BCUT2D eigenvalue weighted by Crippen LogP contribution is -2.63. The molecule has 0 aromatic heterocycles. The maximum Gasteiger partial charge on any atom is 0.265 e. The van der Waals surface area contributed by atoms with E-state index in [1.165, 1.54) is 31.2 Å². The molecule has 1 saturated heterocycles. The predicted octanol–water partition coefficient (Wildman–Crippen LogP) is -1.55. The number of phenolic OH excluding ortho intramolecular Hbond substituents is 1. The number of amides is 1. The molecular weight excluding hydrogens is 280 g/mol. The molecule has 5 atom stereocenters. The molecule has 1 aromatic rings. The summed E-state index contributed by atoms with van der Waals surface area (Å²) in [6, 6.07) is 5.57. The van der Waals surface area contributed by atoms with Gasteiger partial charge >= 0.3 is 0 Å². The molecule has 1 aliphatic rings. The Bertz CT molecular complexity index is 494. The fourth-order valence-corrected chi connectivity index (χ4v) is 1.99. The summed E-state index contributed by atoms with van der Waals surface area (Å²) < 4.78 is 5.26. The first-order chi connectivity index (χ1) is 9.90. The van der Waals surface area contributed by atoms with Crippen molar-refractivity contribution in [3.8, 4) is 5.75 Å². The Labute approximate surface area is 121 Å². The standard InChI is InChI=1S/C13H18N2O6/c1-6-9(17)10(18)11(19)13(21-6)15-14-12(20)7-2-4-8(16)5-3-7/h2-6,9-11,13,15-19H,1H3,(H,14,20)/t6-,9-,10-,11+,13-/m0/s1. The van der Waals surface area contributed by atoms with Gasteiger partial charge in [0.1, 0.15) is 24.1 Å². The molecule has 0 saturated carbocycles. The van der Waals surface area contributed by atoms with Crippen LogP contribution in [0.1, 0.15) is 17.3 Å². The summed E-state index contributed by atoms with van der Waals surface area (Å²) in [7, 11) is 0. The van der Waals surface area contributed by atoms with Crippen LogP contribution in [0, 0.1) is 0 Å². The molecule has 21 heavy (non-hydrogen) atoms. The number of carbonyl (C=O) groups excluding carboxylic acids is 1. The zero-order chi connectivity index (χ0) is 15.6. The molecule has 0 aliphatic carbocycles. The van der Waals surface area contributed by atoms with Gasteiger partial charge in [-0.1, -0.05) is 0 Å². The molecule has 0 unspecified atom stereocenters. The first-order valence-corrected chi connectivity index (χ1v) is 6.44. The third-order valence-corrected chi connectivity index (χ3v) is 3.31. The van der Waals surface area contributed by atoms with Crippen LogP contribution in [0.2, 0.25) is 0 Å². The lowest BCUT2D eigenvalue weighted by molar-refractivity contribution is -0.226. The molecule has 6 N–H and O–H groups in total. The minimum absolute atomic E-state index is 0.0384. The summed E-state index contributed by atoms with van der Waals surface area (Å²) in [6.07, 6.45) is -5.73. The van der Waals surface area contributed by atoms with Gasteiger partial charge in [-0.25, -0.2) is 5.43 Å². The smallest absolute Gasteiger partial charge is 0.265 e. The van der Waals surface area contributed by atoms with Crippen molar-refractivity contribution in [3.05, 3.63) is 29.8 Å². The molecule has 8 heteroatoms. The number of carbonyl (C=O) groups is 1. The van der Waals surface area contributed by atoms with Crippen molar-refractivity contribution < 1.29 is 30.0 Å². The van der Waals surface area contributed by atoms with Crippen LogP contribution in [0.15, 0.2) is 24.3 Å². The number of ether oxygens (including phenoxy) is 1. The number of benzene rings is 1. The van der Waals surface area contributed by atoms with Crippen LogP contribution in [0.4, 0.5) is 0 Å². The first-order valence-electron chi connectivity index (χ1n) is 6.44. The van der Waals surface area contributed by atoms with Gasteiger partial charge in [0, 0.05) is 5.56 Å². The third-order valence-electron chi connectivity index (χ3n) is 3.31. The number of aliphatic hydroxyl groups is 3. The number of nitrogens with one attached hydrogen (secondary N) is 2. The highest BCUT2D eigenvalue weighted by Crippen LogP contribution is 2.19. The maximum absolute atomic E-state index is 11.8. The van der Waals surface area contributed by atoms with Gasteiger partial charge in [0.25, 0.3) is 5.91 Å². The summed E-state index contributed by atoms with van der Waals surface area (Å²) in [6.45, 7) is 1.54. The highest BCUT2D eigenvalue weighted by Gasteiger charge is 2.41. The van der Waals surface area contributed by atoms with E-state index < -0.39 is 36.6 Å². The Morgan fingerprint density at radius 3 is 2.33 bits per heavy atom. The van der Waals surface area contributed by atoms with Gasteiger partial charge in [0.2, 0.25) is 0 Å². The van der Waals surface area contributed by atoms with Crippen LogP contribution in [-0.2, 0) is 4.74 Å². The van der Waals surface area contributed by atoms with Crippen molar-refractivity contribution in [2.24, 2.45) is 0 Å². The molecule has 1 heterocycles. The Hall–Kier alpha value is -1.71. The Morgan fingerprint density at radius 1 is 1.10 bits per heavy atom. The topological polar surface area (TPSA) is 131 Å². The van der Waals surface area contributed by atoms with Crippen molar-refractivity contribution >= 4 is 5.91 Å². The predicted molar refractivity (Wildman–Crippen MR) is 71.1 cm³/mol. The van der Waals surface area contributed by atoms with Crippen LogP contribution in [-0.4, -0.2) is 57.0 Å². The van der Waals surface area contributed by atoms with Gasteiger partial charge in [-0.3, -0.25) is 10.2 Å². The van der Waals surface area contributed by atoms with Crippen molar-refractivity contribution in [1.82, 2.24) is 10.9 Å². The van der Waals surface area contributed by atoms with E-state index in [4.69, 9.17) is 9.84 Å². The molecule has 1 aromatic carbocycles. The molecule has 2 rings (SSSR count). The van der Waals surface area contributed by atoms with Gasteiger partial charge < -0.3 is 25.2 Å². The number of hydrogen-bond acceptors (Lipinski definition) is 7. The average Bonchev–Trinajstić information content (AvgIpc) is 2.48. The molecule has 0 spiro atoms. The lowest BCUT2D eigenvalue weighted by atomic mass is 9.99. The second kappa shape index (κ2) is 6.37. The molecule has 8 nitrogen and oxygen atoms in total. The zero-order valence-corrected chi connectivity index (χ0v) is 11.3. The Morgan fingerprint density at radius 2 is 1.71 bits per heavy atom. The quantitative estimate of drug-likeness (QED) is 0.373. The number of hydrogen-bond donors (Lipinski definition) is 6. The summed E-state index contributed by atoms with van der Waals surface area (Å²) in [5.74, 6) is -0.462. The van der Waals surface area contributed by atoms with Crippen molar-refractivity contribution in [2.45, 2.75) is 37.6 Å². The van der Waals surface area contributed by atoms with Crippen LogP contribution in [0.5, 0.6) is 5.75 Å². The maximum atomic E-state index is 11.8. The second-order valence-electron chi connectivity index (χ2n) is 4.88. The van der Waals surface area contributed by atoms with Crippen LogP contribution < -0.4 is 10.9 Å². The van der Waals surface area contributed by atoms with E-state index in [2.05, 4.69) is 10.9 Å². The van der Waals surface area contributed by atoms with Crippen LogP contribution in [0.3, 0.4) is 0 Å². The average molecular weight is 298 g/mol. The fourth-order valence-electron chi connectivity index (χ4n) is 1.99. The summed E-state index contributed by atoms with van der Waals surface area (Å²) in [5, 5.41) is 38.1. The van der Waals surface area contributed by atoms with Crippen molar-refractivity contribution in [2.75, 3.05) is 0 Å². The SMILES string of the molecule is C[C@@H]1O[C@H](NNC(=O)c2ccc(O)cc2)[C@H](O)[C@@H](O)[C@H]1O. The fraction of sp³-hybridized carbons (Fsp3) is 0.462. The Kier molecular flexibility index (Phi) is 4.76. The summed E-state index contributed by atoms with van der Waals surface area (Å²) >= 11 is 0. The van der Waals surface area contributed by atoms with E-state index in [1.54, 1.807) is 0 Å². The molecular formula is C13H18N2O6. The minimum atomic E-state index is -1.39. The van der Waals surface area contributed by atoms with Gasteiger partial charge in [-0.05, 0) is 31.2 Å².